The highest BCUT2D eigenvalue weighted by molar-refractivity contribution is 7.89. The molecule has 3 N–H and O–H groups in total. The first-order chi connectivity index (χ1) is 12.3. The van der Waals surface area contributed by atoms with E-state index in [1.807, 2.05) is 0 Å². The number of sulfonamides is 1. The predicted octanol–water partition coefficient (Wildman–Crippen LogP) is 1.06. The summed E-state index contributed by atoms with van der Waals surface area (Å²) in [5.74, 6) is -0.0696. The van der Waals surface area contributed by atoms with Crippen LogP contribution in [0.1, 0.15) is 54.9 Å². The second kappa shape index (κ2) is 7.36. The Labute approximate surface area is 154 Å². The van der Waals surface area contributed by atoms with Crippen molar-refractivity contribution in [1.29, 1.82) is 0 Å². The molecular formula is C18H25N3O4S. The van der Waals surface area contributed by atoms with E-state index in [0.29, 0.717) is 18.4 Å². The lowest BCUT2D eigenvalue weighted by molar-refractivity contribution is -0.127. The number of carbonyl (C=O) groups is 2. The first-order valence-corrected chi connectivity index (χ1v) is 10.7. The zero-order valence-corrected chi connectivity index (χ0v) is 15.7. The van der Waals surface area contributed by atoms with Crippen molar-refractivity contribution in [3.05, 3.63) is 35.4 Å². The SMILES string of the molecule is CCS(=O)(=O)NCc1ccc(C(=O)NC2CCC(=O)NC23CCC3)cc1. The smallest absolute Gasteiger partial charge is 0.251 e. The van der Waals surface area contributed by atoms with Gasteiger partial charge in [-0.1, -0.05) is 12.1 Å². The lowest BCUT2D eigenvalue weighted by Crippen LogP contribution is -2.68. The maximum Gasteiger partial charge on any atom is 0.251 e. The van der Waals surface area contributed by atoms with Gasteiger partial charge in [0.15, 0.2) is 0 Å². The van der Waals surface area contributed by atoms with Crippen LogP contribution in [0.3, 0.4) is 0 Å². The number of nitrogens with one attached hydrogen (secondary N) is 3. The van der Waals surface area contributed by atoms with Crippen LogP contribution in [-0.2, 0) is 21.4 Å². The number of piperidine rings is 1. The third-order valence-electron chi connectivity index (χ3n) is 5.36. The van der Waals surface area contributed by atoms with Gasteiger partial charge in [0, 0.05) is 18.5 Å². The quantitative estimate of drug-likeness (QED) is 0.687. The molecule has 2 fully saturated rings. The molecule has 142 valence electrons. The summed E-state index contributed by atoms with van der Waals surface area (Å²) in [5.41, 5.74) is 1.04. The summed E-state index contributed by atoms with van der Waals surface area (Å²) in [4.78, 5) is 24.3. The van der Waals surface area contributed by atoms with Gasteiger partial charge in [0.05, 0.1) is 17.3 Å². The molecule has 1 spiro atoms. The molecule has 1 saturated carbocycles. The standard InChI is InChI=1S/C18H25N3O4S/c1-2-26(24,25)19-12-13-4-6-14(7-5-13)17(23)20-15-8-9-16(22)21-18(15)10-3-11-18/h4-7,15,19H,2-3,8-12H2,1H3,(H,20,23)(H,21,22). The van der Waals surface area contributed by atoms with E-state index in [2.05, 4.69) is 15.4 Å². The van der Waals surface area contributed by atoms with Crippen molar-refractivity contribution >= 4 is 21.8 Å². The first-order valence-electron chi connectivity index (χ1n) is 9.02. The van der Waals surface area contributed by atoms with Crippen LogP contribution in [0.5, 0.6) is 0 Å². The molecule has 1 aromatic rings. The van der Waals surface area contributed by atoms with Gasteiger partial charge in [0.2, 0.25) is 15.9 Å². The average Bonchev–Trinajstić information content (AvgIpc) is 2.60. The highest BCUT2D eigenvalue weighted by Gasteiger charge is 2.48. The minimum atomic E-state index is -3.24. The van der Waals surface area contributed by atoms with Crippen LogP contribution in [0.15, 0.2) is 24.3 Å². The zero-order chi connectivity index (χ0) is 18.8. The zero-order valence-electron chi connectivity index (χ0n) is 14.9. The van der Waals surface area contributed by atoms with Crippen molar-refractivity contribution in [2.45, 2.75) is 57.2 Å². The summed E-state index contributed by atoms with van der Waals surface area (Å²) in [6.07, 6.45) is 3.97. The second-order valence-electron chi connectivity index (χ2n) is 7.04. The van der Waals surface area contributed by atoms with Gasteiger partial charge in [-0.3, -0.25) is 9.59 Å². The maximum atomic E-state index is 12.6. The minimum absolute atomic E-state index is 0.0349. The molecule has 8 heteroatoms. The lowest BCUT2D eigenvalue weighted by Gasteiger charge is -2.50. The van der Waals surface area contributed by atoms with Crippen LogP contribution in [0.2, 0.25) is 0 Å². The van der Waals surface area contributed by atoms with Crippen molar-refractivity contribution in [2.24, 2.45) is 0 Å². The summed E-state index contributed by atoms with van der Waals surface area (Å²) in [7, 11) is -3.24. The van der Waals surface area contributed by atoms with E-state index in [4.69, 9.17) is 0 Å². The fraction of sp³-hybridized carbons (Fsp3) is 0.556. The van der Waals surface area contributed by atoms with E-state index < -0.39 is 10.0 Å². The van der Waals surface area contributed by atoms with Crippen molar-refractivity contribution in [3.63, 3.8) is 0 Å². The molecule has 2 amide bonds. The van der Waals surface area contributed by atoms with Gasteiger partial charge in [-0.15, -0.1) is 0 Å². The van der Waals surface area contributed by atoms with Crippen LogP contribution >= 0.6 is 0 Å². The van der Waals surface area contributed by atoms with E-state index in [1.165, 1.54) is 0 Å². The van der Waals surface area contributed by atoms with Crippen LogP contribution in [-0.4, -0.2) is 37.6 Å². The van der Waals surface area contributed by atoms with Crippen LogP contribution in [0, 0.1) is 0 Å². The molecule has 1 saturated heterocycles. The van der Waals surface area contributed by atoms with E-state index >= 15 is 0 Å². The Morgan fingerprint density at radius 1 is 1.27 bits per heavy atom. The summed E-state index contributed by atoms with van der Waals surface area (Å²) >= 11 is 0. The Hall–Kier alpha value is -1.93. The third kappa shape index (κ3) is 4.07. The van der Waals surface area contributed by atoms with Gasteiger partial charge >= 0.3 is 0 Å². The monoisotopic (exact) mass is 379 g/mol. The number of hydrogen-bond donors (Lipinski definition) is 3. The molecule has 0 aromatic heterocycles. The van der Waals surface area contributed by atoms with Crippen LogP contribution in [0.25, 0.3) is 0 Å². The Morgan fingerprint density at radius 3 is 2.54 bits per heavy atom. The van der Waals surface area contributed by atoms with E-state index in [0.717, 1.165) is 24.8 Å². The molecular weight excluding hydrogens is 354 g/mol. The third-order valence-corrected chi connectivity index (χ3v) is 6.70. The Kier molecular flexibility index (Phi) is 5.34. The van der Waals surface area contributed by atoms with E-state index in [9.17, 15) is 18.0 Å². The summed E-state index contributed by atoms with van der Waals surface area (Å²) in [6, 6.07) is 6.83. The van der Waals surface area contributed by atoms with Crippen molar-refractivity contribution in [3.8, 4) is 0 Å². The minimum Gasteiger partial charge on any atom is -0.349 e. The molecule has 1 unspecified atom stereocenters. The van der Waals surface area contributed by atoms with Crippen molar-refractivity contribution in [2.75, 3.05) is 5.75 Å². The molecule has 3 rings (SSSR count). The summed E-state index contributed by atoms with van der Waals surface area (Å²) in [5, 5.41) is 6.13. The number of hydrogen-bond acceptors (Lipinski definition) is 4. The molecule has 1 aromatic carbocycles. The second-order valence-corrected chi connectivity index (χ2v) is 9.14. The predicted molar refractivity (Wildman–Crippen MR) is 98.0 cm³/mol. The normalized spacial score (nSPS) is 21.7. The number of carbonyl (C=O) groups excluding carboxylic acids is 2. The fourth-order valence-electron chi connectivity index (χ4n) is 3.53. The van der Waals surface area contributed by atoms with Gasteiger partial charge in [-0.25, -0.2) is 13.1 Å². The summed E-state index contributed by atoms with van der Waals surface area (Å²) < 4.78 is 25.5. The fourth-order valence-corrected chi connectivity index (χ4v) is 4.12. The highest BCUT2D eigenvalue weighted by Crippen LogP contribution is 2.38. The molecule has 7 nitrogen and oxygen atoms in total. The number of rotatable bonds is 6. The molecule has 0 radical (unpaired) electrons. The van der Waals surface area contributed by atoms with Gasteiger partial charge in [0.25, 0.3) is 5.91 Å². The molecule has 0 bridgehead atoms. The maximum absolute atomic E-state index is 12.6. The van der Waals surface area contributed by atoms with E-state index in [1.54, 1.807) is 31.2 Å². The summed E-state index contributed by atoms with van der Waals surface area (Å²) in [6.45, 7) is 1.79. The Balaban J connectivity index is 1.60. The van der Waals surface area contributed by atoms with Gasteiger partial charge in [-0.2, -0.15) is 0 Å². The van der Waals surface area contributed by atoms with Crippen molar-refractivity contribution in [1.82, 2.24) is 15.4 Å². The molecule has 1 aliphatic carbocycles. The number of amides is 2. The average molecular weight is 379 g/mol. The topological polar surface area (TPSA) is 104 Å². The molecule has 26 heavy (non-hydrogen) atoms. The lowest BCUT2D eigenvalue weighted by atomic mass is 9.68. The van der Waals surface area contributed by atoms with Crippen LogP contribution in [0.4, 0.5) is 0 Å². The Bertz CT molecular complexity index is 785. The molecule has 1 atom stereocenters. The van der Waals surface area contributed by atoms with Crippen molar-refractivity contribution < 1.29 is 18.0 Å². The molecule has 1 heterocycles. The molecule has 1 aliphatic heterocycles. The number of benzene rings is 1. The van der Waals surface area contributed by atoms with Gasteiger partial charge in [0.1, 0.15) is 0 Å². The first kappa shape index (κ1) is 18.8. The molecule has 2 aliphatic rings. The van der Waals surface area contributed by atoms with Gasteiger partial charge < -0.3 is 10.6 Å². The Morgan fingerprint density at radius 2 is 1.96 bits per heavy atom. The largest absolute Gasteiger partial charge is 0.349 e. The highest BCUT2D eigenvalue weighted by atomic mass is 32.2. The van der Waals surface area contributed by atoms with E-state index in [-0.39, 0.29) is 35.7 Å². The van der Waals surface area contributed by atoms with Gasteiger partial charge in [-0.05, 0) is 50.3 Å². The van der Waals surface area contributed by atoms with Crippen LogP contribution < -0.4 is 15.4 Å².